The van der Waals surface area contributed by atoms with Gasteiger partial charge in [-0.3, -0.25) is 0 Å². The molecule has 2 rings (SSSR count). The van der Waals surface area contributed by atoms with Crippen molar-refractivity contribution < 1.29 is 4.74 Å². The minimum atomic E-state index is 0.667. The zero-order chi connectivity index (χ0) is 14.4. The molecule has 20 heavy (non-hydrogen) atoms. The molecule has 0 aliphatic rings. The van der Waals surface area contributed by atoms with Gasteiger partial charge >= 0.3 is 0 Å². The average Bonchev–Trinajstić information content (AvgIpc) is 2.88. The van der Waals surface area contributed by atoms with Crippen LogP contribution in [0.25, 0.3) is 0 Å². The molecule has 4 nitrogen and oxygen atoms in total. The molecule has 0 aliphatic carbocycles. The van der Waals surface area contributed by atoms with E-state index in [1.807, 2.05) is 30.7 Å². The Kier molecular flexibility index (Phi) is 5.44. The highest BCUT2D eigenvalue weighted by Crippen LogP contribution is 2.25. The van der Waals surface area contributed by atoms with Gasteiger partial charge < -0.3 is 14.6 Å². The second-order valence-corrected chi connectivity index (χ2v) is 5.01. The number of benzene rings is 1. The number of hydrogen-bond donors (Lipinski definition) is 1. The molecule has 0 bridgehead atoms. The van der Waals surface area contributed by atoms with Gasteiger partial charge in [-0.05, 0) is 18.6 Å². The zero-order valence-electron chi connectivity index (χ0n) is 11.9. The first-order valence-corrected chi connectivity index (χ1v) is 7.15. The maximum absolute atomic E-state index is 6.21. The van der Waals surface area contributed by atoms with Crippen LogP contribution in [0.1, 0.15) is 24.6 Å². The van der Waals surface area contributed by atoms with Crippen LogP contribution in [0.4, 0.5) is 0 Å². The first kappa shape index (κ1) is 14.9. The number of nitrogens with zero attached hydrogens (tertiary/aromatic N) is 2. The van der Waals surface area contributed by atoms with Crippen molar-refractivity contribution in [3.05, 3.63) is 47.0 Å². The highest BCUT2D eigenvalue weighted by atomic mass is 35.5. The van der Waals surface area contributed by atoms with Crippen molar-refractivity contribution in [2.24, 2.45) is 0 Å². The quantitative estimate of drug-likeness (QED) is 0.852. The van der Waals surface area contributed by atoms with Gasteiger partial charge in [-0.15, -0.1) is 0 Å². The van der Waals surface area contributed by atoms with E-state index in [1.165, 1.54) is 5.69 Å². The van der Waals surface area contributed by atoms with E-state index in [4.69, 9.17) is 16.3 Å². The molecule has 0 unspecified atom stereocenters. The lowest BCUT2D eigenvalue weighted by atomic mass is 10.2. The minimum absolute atomic E-state index is 0.667. The van der Waals surface area contributed by atoms with Crippen LogP contribution in [0.3, 0.4) is 0 Å². The topological polar surface area (TPSA) is 39.1 Å². The zero-order valence-corrected chi connectivity index (χ0v) is 12.7. The van der Waals surface area contributed by atoms with Gasteiger partial charge in [0.1, 0.15) is 5.75 Å². The molecular weight excluding hydrogens is 274 g/mol. The molecule has 0 atom stereocenters. The van der Waals surface area contributed by atoms with Crippen LogP contribution in [0.2, 0.25) is 5.02 Å². The van der Waals surface area contributed by atoms with Crippen molar-refractivity contribution in [1.82, 2.24) is 14.9 Å². The largest absolute Gasteiger partial charge is 0.496 e. The fourth-order valence-corrected chi connectivity index (χ4v) is 2.39. The monoisotopic (exact) mass is 293 g/mol. The molecule has 108 valence electrons. The molecule has 0 saturated heterocycles. The van der Waals surface area contributed by atoms with Crippen molar-refractivity contribution >= 4 is 11.6 Å². The van der Waals surface area contributed by atoms with E-state index in [9.17, 15) is 0 Å². The summed E-state index contributed by atoms with van der Waals surface area (Å²) in [7, 11) is 1.66. The van der Waals surface area contributed by atoms with E-state index in [0.717, 1.165) is 35.8 Å². The number of hydrogen-bond acceptors (Lipinski definition) is 3. The first-order chi connectivity index (χ1) is 9.76. The number of aromatic nitrogens is 2. The van der Waals surface area contributed by atoms with Crippen molar-refractivity contribution in [2.75, 3.05) is 7.11 Å². The van der Waals surface area contributed by atoms with Crippen LogP contribution >= 0.6 is 11.6 Å². The van der Waals surface area contributed by atoms with Crippen molar-refractivity contribution in [3.63, 3.8) is 0 Å². The van der Waals surface area contributed by atoms with Gasteiger partial charge in [-0.25, -0.2) is 4.98 Å². The molecule has 0 amide bonds. The van der Waals surface area contributed by atoms with Crippen LogP contribution in [-0.2, 0) is 19.6 Å². The summed E-state index contributed by atoms with van der Waals surface area (Å²) in [5.41, 5.74) is 2.16. The molecule has 1 aromatic heterocycles. The molecule has 1 N–H and O–H groups in total. The maximum Gasteiger partial charge on any atom is 0.124 e. The number of aryl methyl sites for hydroxylation is 1. The average molecular weight is 294 g/mol. The smallest absolute Gasteiger partial charge is 0.124 e. The summed E-state index contributed by atoms with van der Waals surface area (Å²) in [4.78, 5) is 4.19. The van der Waals surface area contributed by atoms with Gasteiger partial charge in [-0.1, -0.05) is 24.6 Å². The molecule has 0 spiro atoms. The number of imidazole rings is 1. The number of rotatable bonds is 7. The van der Waals surface area contributed by atoms with Gasteiger partial charge in [0.15, 0.2) is 0 Å². The summed E-state index contributed by atoms with van der Waals surface area (Å²) in [6, 6.07) is 5.69. The van der Waals surface area contributed by atoms with E-state index in [1.54, 1.807) is 7.11 Å². The Morgan fingerprint density at radius 1 is 1.35 bits per heavy atom. The van der Waals surface area contributed by atoms with Crippen molar-refractivity contribution in [3.8, 4) is 5.75 Å². The summed E-state index contributed by atoms with van der Waals surface area (Å²) in [5, 5.41) is 4.11. The summed E-state index contributed by atoms with van der Waals surface area (Å²) in [6.45, 7) is 4.58. The second-order valence-electron chi connectivity index (χ2n) is 4.60. The van der Waals surface area contributed by atoms with E-state index in [0.29, 0.717) is 6.54 Å². The third kappa shape index (κ3) is 3.52. The molecule has 1 aromatic carbocycles. The summed E-state index contributed by atoms with van der Waals surface area (Å²) < 4.78 is 7.50. The van der Waals surface area contributed by atoms with Crippen molar-refractivity contribution in [1.29, 1.82) is 0 Å². The fraction of sp³-hybridized carbons (Fsp3) is 0.400. The highest BCUT2D eigenvalue weighted by Gasteiger charge is 2.07. The predicted molar refractivity (Wildman–Crippen MR) is 81.1 cm³/mol. The minimum Gasteiger partial charge on any atom is -0.496 e. The van der Waals surface area contributed by atoms with Gasteiger partial charge in [0.25, 0.3) is 0 Å². The normalized spacial score (nSPS) is 10.8. The Labute approximate surface area is 124 Å². The van der Waals surface area contributed by atoms with E-state index in [-0.39, 0.29) is 0 Å². The Hall–Kier alpha value is -1.52. The third-order valence-electron chi connectivity index (χ3n) is 3.17. The molecule has 2 aromatic rings. The molecule has 5 heteroatoms. The number of methoxy groups -OCH3 is 1. The van der Waals surface area contributed by atoms with Gasteiger partial charge in [0.05, 0.1) is 19.1 Å². The lowest BCUT2D eigenvalue weighted by Gasteiger charge is -2.12. The van der Waals surface area contributed by atoms with Gasteiger partial charge in [0, 0.05) is 36.4 Å². The summed E-state index contributed by atoms with van der Waals surface area (Å²) in [5.74, 6) is 0.812. The maximum atomic E-state index is 6.21. The third-order valence-corrected chi connectivity index (χ3v) is 3.52. The van der Waals surface area contributed by atoms with Crippen LogP contribution in [0, 0.1) is 0 Å². The molecule has 0 fully saturated rings. The Morgan fingerprint density at radius 3 is 2.95 bits per heavy atom. The van der Waals surface area contributed by atoms with E-state index >= 15 is 0 Å². The predicted octanol–water partition coefficient (Wildman–Crippen LogP) is 3.24. The Bertz CT molecular complexity index is 554. The van der Waals surface area contributed by atoms with E-state index in [2.05, 4.69) is 21.8 Å². The molecule has 0 aliphatic heterocycles. The standard InChI is InChI=1S/C15H20ClN3O/c1-3-7-19-11-18-9-12(19)8-17-10-13-14(16)5-4-6-15(13)20-2/h4-6,9,11,17H,3,7-8,10H2,1-2H3. The lowest BCUT2D eigenvalue weighted by molar-refractivity contribution is 0.407. The van der Waals surface area contributed by atoms with Gasteiger partial charge in [0.2, 0.25) is 0 Å². The fourth-order valence-electron chi connectivity index (χ4n) is 2.15. The Morgan fingerprint density at radius 2 is 2.20 bits per heavy atom. The number of nitrogens with one attached hydrogen (secondary N) is 1. The van der Waals surface area contributed by atoms with Crippen LogP contribution < -0.4 is 10.1 Å². The molecular formula is C15H20ClN3O. The van der Waals surface area contributed by atoms with Gasteiger partial charge in [-0.2, -0.15) is 0 Å². The van der Waals surface area contributed by atoms with Crippen LogP contribution in [-0.4, -0.2) is 16.7 Å². The highest BCUT2D eigenvalue weighted by molar-refractivity contribution is 6.31. The van der Waals surface area contributed by atoms with Crippen LogP contribution in [0.15, 0.2) is 30.7 Å². The van der Waals surface area contributed by atoms with Crippen LogP contribution in [0.5, 0.6) is 5.75 Å². The lowest BCUT2D eigenvalue weighted by Crippen LogP contribution is -2.16. The number of halogens is 1. The Balaban J connectivity index is 1.98. The SMILES string of the molecule is CCCn1cncc1CNCc1c(Cl)cccc1OC. The van der Waals surface area contributed by atoms with Crippen molar-refractivity contribution in [2.45, 2.75) is 33.0 Å². The molecule has 0 saturated carbocycles. The number of ether oxygens (including phenoxy) is 1. The van der Waals surface area contributed by atoms with E-state index < -0.39 is 0 Å². The summed E-state index contributed by atoms with van der Waals surface area (Å²) in [6.07, 6.45) is 4.87. The summed E-state index contributed by atoms with van der Waals surface area (Å²) >= 11 is 6.21. The molecule has 0 radical (unpaired) electrons. The second kappa shape index (κ2) is 7.31. The first-order valence-electron chi connectivity index (χ1n) is 6.77. The molecule has 1 heterocycles.